The van der Waals surface area contributed by atoms with Gasteiger partial charge in [-0.15, -0.1) is 0 Å². The molecule has 0 spiro atoms. The number of carbonyl (C=O) groups is 1. The van der Waals surface area contributed by atoms with Crippen LogP contribution >= 0.6 is 0 Å². The molecule has 3 nitrogen and oxygen atoms in total. The molecule has 1 heterocycles. The van der Waals surface area contributed by atoms with Crippen molar-refractivity contribution < 1.29 is 9.53 Å². The summed E-state index contributed by atoms with van der Waals surface area (Å²) < 4.78 is 5.58. The summed E-state index contributed by atoms with van der Waals surface area (Å²) in [6, 6.07) is 7.86. The molecule has 3 heteroatoms. The normalized spacial score (nSPS) is 31.1. The monoisotopic (exact) mass is 229 g/mol. The van der Waals surface area contributed by atoms with Gasteiger partial charge in [0.1, 0.15) is 6.04 Å². The molecule has 0 unspecified atom stereocenters. The Kier molecular flexibility index (Phi) is 2.12. The van der Waals surface area contributed by atoms with Crippen LogP contribution in [0.4, 0.5) is 0 Å². The molecule has 2 aliphatic rings. The number of aryl methyl sites for hydroxylation is 1. The Morgan fingerprint density at radius 2 is 2.18 bits per heavy atom. The summed E-state index contributed by atoms with van der Waals surface area (Å²) in [5.74, 6) is -0.212. The van der Waals surface area contributed by atoms with Gasteiger partial charge in [0.05, 0.1) is 5.71 Å². The predicted molar refractivity (Wildman–Crippen MR) is 65.3 cm³/mol. The van der Waals surface area contributed by atoms with Crippen molar-refractivity contribution in [1.82, 2.24) is 0 Å². The van der Waals surface area contributed by atoms with Crippen molar-refractivity contribution in [2.75, 3.05) is 0 Å². The minimum atomic E-state index is -0.530. The molecule has 0 N–H and O–H groups in total. The Morgan fingerprint density at radius 3 is 3.00 bits per heavy atom. The fraction of sp³-hybridized carbons (Fsp3) is 0.429. The van der Waals surface area contributed by atoms with Crippen LogP contribution in [0.1, 0.15) is 31.4 Å². The van der Waals surface area contributed by atoms with E-state index in [1.54, 1.807) is 6.92 Å². The summed E-state index contributed by atoms with van der Waals surface area (Å²) in [5.41, 5.74) is 2.85. The number of rotatable bonds is 0. The second kappa shape index (κ2) is 3.42. The smallest absolute Gasteiger partial charge is 0.331 e. The van der Waals surface area contributed by atoms with E-state index in [0.717, 1.165) is 24.1 Å². The summed E-state index contributed by atoms with van der Waals surface area (Å²) in [7, 11) is 0. The molecule has 0 amide bonds. The SMILES string of the molecule is C[C@@H]1N=C2c3ccccc3CC[C@@]2(C)OC1=O. The van der Waals surface area contributed by atoms with Gasteiger partial charge >= 0.3 is 5.97 Å². The molecule has 0 bridgehead atoms. The lowest BCUT2D eigenvalue weighted by Gasteiger charge is -2.39. The van der Waals surface area contributed by atoms with Crippen LogP contribution in [-0.4, -0.2) is 23.3 Å². The van der Waals surface area contributed by atoms with E-state index in [-0.39, 0.29) is 12.0 Å². The van der Waals surface area contributed by atoms with Crippen molar-refractivity contribution in [2.45, 2.75) is 38.3 Å². The molecule has 17 heavy (non-hydrogen) atoms. The van der Waals surface area contributed by atoms with Gasteiger partial charge in [-0.1, -0.05) is 24.3 Å². The third-order valence-electron chi connectivity index (χ3n) is 3.63. The van der Waals surface area contributed by atoms with Gasteiger partial charge in [0.2, 0.25) is 0 Å². The van der Waals surface area contributed by atoms with Gasteiger partial charge < -0.3 is 4.74 Å². The average Bonchev–Trinajstić information content (AvgIpc) is 2.32. The van der Waals surface area contributed by atoms with Crippen molar-refractivity contribution in [3.63, 3.8) is 0 Å². The molecule has 0 saturated heterocycles. The maximum Gasteiger partial charge on any atom is 0.331 e. The highest BCUT2D eigenvalue weighted by molar-refractivity contribution is 6.11. The average molecular weight is 229 g/mol. The molecule has 3 rings (SSSR count). The fourth-order valence-electron chi connectivity index (χ4n) is 2.60. The summed E-state index contributed by atoms with van der Waals surface area (Å²) in [6.07, 6.45) is 1.76. The number of ether oxygens (including phenoxy) is 1. The van der Waals surface area contributed by atoms with Crippen LogP contribution in [0.2, 0.25) is 0 Å². The first kappa shape index (κ1) is 10.5. The Hall–Kier alpha value is -1.64. The van der Waals surface area contributed by atoms with Crippen LogP contribution in [-0.2, 0) is 16.0 Å². The van der Waals surface area contributed by atoms with Crippen LogP contribution in [0.25, 0.3) is 0 Å². The fourth-order valence-corrected chi connectivity index (χ4v) is 2.60. The van der Waals surface area contributed by atoms with Crippen molar-refractivity contribution in [3.8, 4) is 0 Å². The summed E-state index contributed by atoms with van der Waals surface area (Å²) in [6.45, 7) is 3.75. The molecule has 0 aromatic heterocycles. The lowest BCUT2D eigenvalue weighted by molar-refractivity contribution is -0.155. The number of hydrogen-bond acceptors (Lipinski definition) is 3. The molecular formula is C14H15NO2. The molecule has 2 atom stereocenters. The van der Waals surface area contributed by atoms with Gasteiger partial charge in [-0.25, -0.2) is 4.79 Å². The Morgan fingerprint density at radius 1 is 1.41 bits per heavy atom. The van der Waals surface area contributed by atoms with Gasteiger partial charge in [-0.05, 0) is 32.3 Å². The van der Waals surface area contributed by atoms with E-state index in [1.165, 1.54) is 5.56 Å². The Bertz CT molecular complexity index is 521. The van der Waals surface area contributed by atoms with Gasteiger partial charge in [0.15, 0.2) is 5.60 Å². The highest BCUT2D eigenvalue weighted by atomic mass is 16.6. The first-order valence-corrected chi connectivity index (χ1v) is 5.99. The quantitative estimate of drug-likeness (QED) is 0.639. The van der Waals surface area contributed by atoms with E-state index >= 15 is 0 Å². The number of nitrogens with zero attached hydrogens (tertiary/aromatic N) is 1. The summed E-state index contributed by atoms with van der Waals surface area (Å²) in [4.78, 5) is 16.2. The molecule has 1 aromatic rings. The number of esters is 1. The Balaban J connectivity index is 2.18. The van der Waals surface area contributed by atoms with E-state index in [1.807, 2.05) is 19.1 Å². The molecule has 1 aromatic carbocycles. The van der Waals surface area contributed by atoms with E-state index < -0.39 is 5.60 Å². The van der Waals surface area contributed by atoms with Gasteiger partial charge in [-0.3, -0.25) is 4.99 Å². The second-order valence-electron chi connectivity index (χ2n) is 4.96. The van der Waals surface area contributed by atoms with Crippen molar-refractivity contribution in [1.29, 1.82) is 0 Å². The van der Waals surface area contributed by atoms with E-state index in [9.17, 15) is 4.79 Å². The first-order valence-electron chi connectivity index (χ1n) is 5.99. The highest BCUT2D eigenvalue weighted by Gasteiger charge is 2.43. The molecule has 0 fully saturated rings. The number of aliphatic imine (C=N–C) groups is 1. The molecule has 0 saturated carbocycles. The van der Waals surface area contributed by atoms with Gasteiger partial charge in [-0.2, -0.15) is 0 Å². The molecule has 1 aliphatic carbocycles. The molecular weight excluding hydrogens is 214 g/mol. The standard InChI is InChI=1S/C14H15NO2/c1-9-13(16)17-14(2)8-7-10-5-3-4-6-11(10)12(14)15-9/h3-6,9H,7-8H2,1-2H3/t9-,14+/m0/s1. The minimum absolute atomic E-state index is 0.212. The van der Waals surface area contributed by atoms with Gasteiger partial charge in [0.25, 0.3) is 0 Å². The number of hydrogen-bond donors (Lipinski definition) is 0. The van der Waals surface area contributed by atoms with Crippen LogP contribution in [0.15, 0.2) is 29.3 Å². The molecule has 0 radical (unpaired) electrons. The third kappa shape index (κ3) is 1.49. The van der Waals surface area contributed by atoms with Crippen molar-refractivity contribution in [2.24, 2.45) is 4.99 Å². The zero-order valence-electron chi connectivity index (χ0n) is 10.1. The Labute approximate surface area is 101 Å². The van der Waals surface area contributed by atoms with Crippen LogP contribution in [0, 0.1) is 0 Å². The lowest BCUT2D eigenvalue weighted by atomic mass is 9.79. The second-order valence-corrected chi connectivity index (χ2v) is 4.96. The van der Waals surface area contributed by atoms with E-state index in [2.05, 4.69) is 17.1 Å². The van der Waals surface area contributed by atoms with E-state index in [0.29, 0.717) is 0 Å². The largest absolute Gasteiger partial charge is 0.451 e. The molecule has 1 aliphatic heterocycles. The zero-order valence-corrected chi connectivity index (χ0v) is 10.1. The number of carbonyl (C=O) groups excluding carboxylic acids is 1. The van der Waals surface area contributed by atoms with Crippen molar-refractivity contribution >= 4 is 11.7 Å². The summed E-state index contributed by atoms with van der Waals surface area (Å²) in [5, 5.41) is 0. The maximum atomic E-state index is 11.6. The lowest BCUT2D eigenvalue weighted by Crippen LogP contribution is -2.50. The predicted octanol–water partition coefficient (Wildman–Crippen LogP) is 2.13. The molecule has 88 valence electrons. The zero-order chi connectivity index (χ0) is 12.0. The minimum Gasteiger partial charge on any atom is -0.451 e. The van der Waals surface area contributed by atoms with Gasteiger partial charge in [0, 0.05) is 5.56 Å². The van der Waals surface area contributed by atoms with E-state index in [4.69, 9.17) is 4.74 Å². The number of fused-ring (bicyclic) bond motifs is 3. The van der Waals surface area contributed by atoms with Crippen LogP contribution < -0.4 is 0 Å². The van der Waals surface area contributed by atoms with Crippen molar-refractivity contribution in [3.05, 3.63) is 35.4 Å². The maximum absolute atomic E-state index is 11.6. The summed E-state index contributed by atoms with van der Waals surface area (Å²) >= 11 is 0. The number of benzene rings is 1. The highest BCUT2D eigenvalue weighted by Crippen LogP contribution is 2.35. The van der Waals surface area contributed by atoms with Crippen LogP contribution in [0.3, 0.4) is 0 Å². The van der Waals surface area contributed by atoms with Crippen LogP contribution in [0.5, 0.6) is 0 Å². The third-order valence-corrected chi connectivity index (χ3v) is 3.63. The topological polar surface area (TPSA) is 38.7 Å². The first-order chi connectivity index (χ1) is 8.10.